The fourth-order valence-corrected chi connectivity index (χ4v) is 8.40. The monoisotopic (exact) mass is 838 g/mol. The molecule has 5 heterocycles. The van der Waals surface area contributed by atoms with Crippen molar-refractivity contribution in [3.63, 3.8) is 0 Å². The first kappa shape index (κ1) is 41.6. The van der Waals surface area contributed by atoms with Gasteiger partial charge in [-0.25, -0.2) is 24.5 Å². The molecular formula is C46H50N10O6. The summed E-state index contributed by atoms with van der Waals surface area (Å²) in [6, 6.07) is 21.5. The Bertz CT molecular complexity index is 2560. The number of fused-ring (bicyclic) bond motifs is 1. The first-order valence-corrected chi connectivity index (χ1v) is 20.9. The number of hydrogen-bond donors (Lipinski definition) is 4. The van der Waals surface area contributed by atoms with Gasteiger partial charge in [-0.1, -0.05) is 74.5 Å². The van der Waals surface area contributed by atoms with Gasteiger partial charge in [0, 0.05) is 30.6 Å². The number of carbonyl (C=O) groups is 4. The van der Waals surface area contributed by atoms with Gasteiger partial charge < -0.3 is 39.9 Å². The second-order valence-electron chi connectivity index (χ2n) is 16.0. The number of likely N-dealkylation sites (tertiary alicyclic amines) is 2. The van der Waals surface area contributed by atoms with Crippen LogP contribution >= 0.6 is 0 Å². The molecule has 4 amide bonds. The van der Waals surface area contributed by atoms with E-state index in [9.17, 15) is 19.2 Å². The molecule has 0 spiro atoms. The zero-order chi connectivity index (χ0) is 43.3. The van der Waals surface area contributed by atoms with Crippen LogP contribution in [0.2, 0.25) is 0 Å². The van der Waals surface area contributed by atoms with Crippen molar-refractivity contribution in [2.75, 3.05) is 27.3 Å². The van der Waals surface area contributed by atoms with Crippen LogP contribution in [-0.4, -0.2) is 103 Å². The van der Waals surface area contributed by atoms with Gasteiger partial charge in [0.05, 0.1) is 73.0 Å². The van der Waals surface area contributed by atoms with Crippen molar-refractivity contribution in [3.8, 4) is 33.8 Å². The number of carbonyl (C=O) groups excluding carboxylic acids is 4. The van der Waals surface area contributed by atoms with E-state index in [0.29, 0.717) is 31.2 Å². The zero-order valence-electron chi connectivity index (χ0n) is 35.1. The number of H-pyrrole nitrogens is 2. The van der Waals surface area contributed by atoms with Crippen molar-refractivity contribution in [1.29, 1.82) is 0 Å². The maximum absolute atomic E-state index is 13.9. The van der Waals surface area contributed by atoms with Gasteiger partial charge in [-0.15, -0.1) is 0 Å². The highest BCUT2D eigenvalue weighted by atomic mass is 16.5. The smallest absolute Gasteiger partial charge is 0.407 e. The van der Waals surface area contributed by atoms with Crippen molar-refractivity contribution < 1.29 is 28.7 Å². The van der Waals surface area contributed by atoms with E-state index in [4.69, 9.17) is 24.4 Å². The highest BCUT2D eigenvalue weighted by molar-refractivity contribution is 5.87. The molecule has 3 aromatic heterocycles. The van der Waals surface area contributed by atoms with E-state index in [1.54, 1.807) is 28.4 Å². The summed E-state index contributed by atoms with van der Waals surface area (Å²) < 4.78 is 9.60. The molecule has 16 heteroatoms. The third-order valence-corrected chi connectivity index (χ3v) is 11.7. The van der Waals surface area contributed by atoms with E-state index in [1.807, 2.05) is 86.6 Å². The van der Waals surface area contributed by atoms with Gasteiger partial charge in [0.2, 0.25) is 11.8 Å². The number of methoxy groups -OCH3 is 2. The number of aromatic nitrogens is 6. The minimum atomic E-state index is -0.789. The first-order valence-electron chi connectivity index (χ1n) is 20.9. The highest BCUT2D eigenvalue weighted by Crippen LogP contribution is 2.35. The Hall–Kier alpha value is -7.10. The number of alkyl carbamates (subject to hydrolysis) is 2. The van der Waals surface area contributed by atoms with Crippen molar-refractivity contribution in [2.45, 2.75) is 70.1 Å². The Kier molecular flexibility index (Phi) is 12.3. The van der Waals surface area contributed by atoms with E-state index in [-0.39, 0.29) is 29.8 Å². The van der Waals surface area contributed by atoms with Gasteiger partial charge in [0.1, 0.15) is 23.7 Å². The summed E-state index contributed by atoms with van der Waals surface area (Å²) in [7, 11) is 2.57. The van der Waals surface area contributed by atoms with Crippen LogP contribution in [-0.2, 0) is 25.5 Å². The molecule has 62 heavy (non-hydrogen) atoms. The van der Waals surface area contributed by atoms with Gasteiger partial charge in [0.15, 0.2) is 0 Å². The Morgan fingerprint density at radius 1 is 0.694 bits per heavy atom. The molecule has 6 aromatic rings. The average molecular weight is 839 g/mol. The third-order valence-electron chi connectivity index (χ3n) is 11.7. The molecule has 320 valence electrons. The van der Waals surface area contributed by atoms with Gasteiger partial charge in [0.25, 0.3) is 0 Å². The fraction of sp³-hybridized carbons (Fsp3) is 0.348. The molecule has 0 bridgehead atoms. The van der Waals surface area contributed by atoms with E-state index < -0.39 is 24.3 Å². The largest absolute Gasteiger partial charge is 0.453 e. The second-order valence-corrected chi connectivity index (χ2v) is 16.0. The molecule has 2 aliphatic rings. The lowest BCUT2D eigenvalue weighted by Crippen LogP contribution is -2.51. The number of benzene rings is 3. The maximum atomic E-state index is 13.9. The Balaban J connectivity index is 0.936. The zero-order valence-corrected chi connectivity index (χ0v) is 35.1. The summed E-state index contributed by atoms with van der Waals surface area (Å²) >= 11 is 0. The van der Waals surface area contributed by atoms with E-state index in [1.165, 1.54) is 14.2 Å². The highest BCUT2D eigenvalue weighted by Gasteiger charge is 2.38. The topological polar surface area (TPSA) is 200 Å². The number of hydrogen-bond acceptors (Lipinski definition) is 10. The van der Waals surface area contributed by atoms with Crippen LogP contribution in [0.25, 0.3) is 44.8 Å². The summed E-state index contributed by atoms with van der Waals surface area (Å²) in [6.45, 7) is 4.92. The standard InChI is InChI=1S/C46H50N10O6/c1-27(2)40(54-46(60)62-4)44(58)56-21-9-13-39(56)42-48-25-36(51-42)30-16-14-29(15-17-30)35-24-47-33-23-31(18-19-32(33)50-35)37-26-49-41(52-37)38-12-8-20-55(38)43(57)34(53-45(59)61-3)22-28-10-6-5-7-11-28/h5-7,10-11,14-19,23-27,34,38-40H,8-9,12-13,20-22H2,1-4H3,(H,48,51)(H,49,52)(H,53,59)(H,54,60)/t34-,38-,39?,40-/m0/s1. The average Bonchev–Trinajstić information content (AvgIpc) is 4.15. The summed E-state index contributed by atoms with van der Waals surface area (Å²) in [5.74, 6) is 0.930. The van der Waals surface area contributed by atoms with Crippen LogP contribution in [0.1, 0.15) is 68.8 Å². The van der Waals surface area contributed by atoms with Crippen LogP contribution in [0, 0.1) is 5.92 Å². The van der Waals surface area contributed by atoms with Crippen molar-refractivity contribution >= 4 is 35.0 Å². The molecule has 8 rings (SSSR count). The third kappa shape index (κ3) is 8.85. The number of ether oxygens (including phenoxy) is 2. The molecule has 1 unspecified atom stereocenters. The summed E-state index contributed by atoms with van der Waals surface area (Å²) in [6.07, 6.45) is 7.51. The van der Waals surface area contributed by atoms with Gasteiger partial charge in [-0.3, -0.25) is 14.6 Å². The summed E-state index contributed by atoms with van der Waals surface area (Å²) in [5.41, 5.74) is 7.45. The molecule has 2 aliphatic heterocycles. The minimum absolute atomic E-state index is 0.116. The molecule has 2 fully saturated rings. The molecule has 0 aliphatic carbocycles. The van der Waals surface area contributed by atoms with Crippen LogP contribution in [0.3, 0.4) is 0 Å². The summed E-state index contributed by atoms with van der Waals surface area (Å²) in [5, 5.41) is 5.43. The van der Waals surface area contributed by atoms with E-state index >= 15 is 0 Å². The molecular weight excluding hydrogens is 789 g/mol. The fourth-order valence-electron chi connectivity index (χ4n) is 8.40. The maximum Gasteiger partial charge on any atom is 0.407 e. The van der Waals surface area contributed by atoms with Crippen molar-refractivity contribution in [1.82, 2.24) is 50.3 Å². The lowest BCUT2D eigenvalue weighted by Gasteiger charge is -2.30. The van der Waals surface area contributed by atoms with Crippen LogP contribution in [0.5, 0.6) is 0 Å². The normalized spacial score (nSPS) is 17.2. The van der Waals surface area contributed by atoms with Gasteiger partial charge in [-0.05, 0) is 54.9 Å². The Labute approximate surface area is 358 Å². The molecule has 0 radical (unpaired) electrons. The number of amides is 4. The van der Waals surface area contributed by atoms with Gasteiger partial charge in [-0.2, -0.15) is 0 Å². The minimum Gasteiger partial charge on any atom is -0.453 e. The molecule has 4 N–H and O–H groups in total. The first-order chi connectivity index (χ1) is 30.1. The van der Waals surface area contributed by atoms with Crippen LogP contribution in [0.4, 0.5) is 9.59 Å². The molecule has 16 nitrogen and oxygen atoms in total. The second kappa shape index (κ2) is 18.3. The number of nitrogens with zero attached hydrogens (tertiary/aromatic N) is 6. The van der Waals surface area contributed by atoms with E-state index in [2.05, 4.69) is 25.6 Å². The molecule has 2 saturated heterocycles. The van der Waals surface area contributed by atoms with Crippen molar-refractivity contribution in [3.05, 3.63) is 109 Å². The Morgan fingerprint density at radius 3 is 1.90 bits per heavy atom. The number of imidazole rings is 2. The van der Waals surface area contributed by atoms with Gasteiger partial charge >= 0.3 is 12.2 Å². The molecule has 3 aromatic carbocycles. The molecule has 4 atom stereocenters. The lowest BCUT2D eigenvalue weighted by molar-refractivity contribution is -0.135. The van der Waals surface area contributed by atoms with E-state index in [0.717, 1.165) is 76.1 Å². The number of rotatable bonds is 12. The predicted molar refractivity (Wildman–Crippen MR) is 231 cm³/mol. The Morgan fingerprint density at radius 2 is 1.27 bits per heavy atom. The number of nitrogens with one attached hydrogen (secondary N) is 4. The SMILES string of the molecule is COC(=O)N[C@@H](Cc1ccccc1)C(=O)N1CCC[C@H]1c1ncc(-c2ccc3nc(-c4ccc(-c5cnc(C6CCCN6C(=O)[C@@H](NC(=O)OC)C(C)C)[nH]5)cc4)cnc3c2)[nH]1. The van der Waals surface area contributed by atoms with Crippen LogP contribution < -0.4 is 10.6 Å². The van der Waals surface area contributed by atoms with Crippen LogP contribution in [0.15, 0.2) is 91.4 Å². The van der Waals surface area contributed by atoms with Crippen molar-refractivity contribution in [2.24, 2.45) is 5.92 Å². The lowest BCUT2D eigenvalue weighted by atomic mass is 10.0. The quantitative estimate of drug-likeness (QED) is 0.102. The molecule has 0 saturated carbocycles. The summed E-state index contributed by atoms with van der Waals surface area (Å²) in [4.78, 5) is 81.3. The number of aromatic amines is 2. The predicted octanol–water partition coefficient (Wildman–Crippen LogP) is 6.75.